The van der Waals surface area contributed by atoms with E-state index in [-0.39, 0.29) is 11.5 Å². The number of rotatable bonds is 3. The van der Waals surface area contributed by atoms with E-state index in [4.69, 9.17) is 10.2 Å². The van der Waals surface area contributed by atoms with E-state index in [1.165, 1.54) is 4.88 Å². The summed E-state index contributed by atoms with van der Waals surface area (Å²) in [5.41, 5.74) is 2.68. The van der Waals surface area contributed by atoms with Crippen LogP contribution >= 0.6 is 11.3 Å². The Bertz CT molecular complexity index is 674. The van der Waals surface area contributed by atoms with Gasteiger partial charge in [0.25, 0.3) is 0 Å². The lowest BCUT2D eigenvalue weighted by Crippen LogP contribution is -2.10. The summed E-state index contributed by atoms with van der Waals surface area (Å²) in [6.45, 7) is 10.7. The number of nitrogens with one attached hydrogen (secondary N) is 1. The van der Waals surface area contributed by atoms with Gasteiger partial charge in [0.2, 0.25) is 0 Å². The number of hydrogen-bond acceptors (Lipinski definition) is 4. The molecule has 4 heteroatoms. The molecular weight excluding hydrogens is 278 g/mol. The summed E-state index contributed by atoms with van der Waals surface area (Å²) in [6.07, 6.45) is 0. The van der Waals surface area contributed by atoms with Crippen molar-refractivity contribution in [3.8, 4) is 6.07 Å². The minimum atomic E-state index is 0.0674. The Morgan fingerprint density at radius 2 is 1.95 bits per heavy atom. The fourth-order valence-corrected chi connectivity index (χ4v) is 3.26. The molecule has 0 aliphatic carbocycles. The maximum Gasteiger partial charge on any atom is 0.101 e. The molecule has 3 nitrogen and oxygen atoms in total. The molecule has 0 aliphatic rings. The molecule has 1 aromatic heterocycles. The molecule has 1 unspecified atom stereocenters. The summed E-state index contributed by atoms with van der Waals surface area (Å²) in [6, 6.07) is 9.94. The van der Waals surface area contributed by atoms with Crippen molar-refractivity contribution in [3.05, 3.63) is 45.4 Å². The van der Waals surface area contributed by atoms with Gasteiger partial charge in [-0.25, -0.2) is 4.98 Å². The van der Waals surface area contributed by atoms with Crippen molar-refractivity contribution < 1.29 is 0 Å². The first-order chi connectivity index (χ1) is 9.82. The van der Waals surface area contributed by atoms with Gasteiger partial charge in [-0.05, 0) is 26.0 Å². The summed E-state index contributed by atoms with van der Waals surface area (Å²) >= 11 is 1.75. The molecule has 1 aromatic carbocycles. The number of aromatic nitrogens is 1. The second-order valence-electron chi connectivity index (χ2n) is 6.24. The van der Waals surface area contributed by atoms with E-state index >= 15 is 0 Å². The molecule has 0 aliphatic heterocycles. The fraction of sp³-hybridized carbons (Fsp3) is 0.412. The molecule has 0 spiro atoms. The van der Waals surface area contributed by atoms with Gasteiger partial charge in [-0.1, -0.05) is 32.9 Å². The molecule has 0 fully saturated rings. The highest BCUT2D eigenvalue weighted by atomic mass is 32.1. The first kappa shape index (κ1) is 15.5. The zero-order valence-corrected chi connectivity index (χ0v) is 14.0. The summed E-state index contributed by atoms with van der Waals surface area (Å²) in [7, 11) is 0. The molecule has 1 atom stereocenters. The van der Waals surface area contributed by atoms with E-state index in [1.54, 1.807) is 11.3 Å². The molecule has 1 heterocycles. The highest BCUT2D eigenvalue weighted by Gasteiger charge is 2.22. The van der Waals surface area contributed by atoms with Crippen LogP contribution in [-0.4, -0.2) is 4.98 Å². The van der Waals surface area contributed by atoms with Crippen LogP contribution in [-0.2, 0) is 5.41 Å². The smallest absolute Gasteiger partial charge is 0.101 e. The van der Waals surface area contributed by atoms with Crippen molar-refractivity contribution >= 4 is 17.0 Å². The van der Waals surface area contributed by atoms with Crippen LogP contribution in [0.4, 0.5) is 5.69 Å². The summed E-state index contributed by atoms with van der Waals surface area (Å²) in [5, 5.41) is 13.7. The number of para-hydroxylation sites is 1. The Labute approximate surface area is 130 Å². The van der Waals surface area contributed by atoms with Crippen molar-refractivity contribution in [1.29, 1.82) is 5.26 Å². The molecule has 0 radical (unpaired) electrons. The van der Waals surface area contributed by atoms with Crippen LogP contribution in [0.15, 0.2) is 24.3 Å². The summed E-state index contributed by atoms with van der Waals surface area (Å²) in [4.78, 5) is 5.93. The molecule has 0 saturated heterocycles. The van der Waals surface area contributed by atoms with E-state index < -0.39 is 0 Å². The molecule has 110 valence electrons. The molecule has 21 heavy (non-hydrogen) atoms. The Morgan fingerprint density at radius 3 is 2.52 bits per heavy atom. The van der Waals surface area contributed by atoms with Crippen LogP contribution in [0.1, 0.15) is 54.9 Å². The predicted molar refractivity (Wildman–Crippen MR) is 88.7 cm³/mol. The van der Waals surface area contributed by atoms with E-state index in [2.05, 4.69) is 46.0 Å². The normalized spacial score (nSPS) is 12.8. The Hall–Kier alpha value is -1.86. The lowest BCUT2D eigenvalue weighted by atomic mass is 9.98. The highest BCUT2D eigenvalue weighted by molar-refractivity contribution is 7.12. The average molecular weight is 299 g/mol. The van der Waals surface area contributed by atoms with Crippen molar-refractivity contribution in [2.45, 2.75) is 46.1 Å². The molecule has 2 aromatic rings. The first-order valence-electron chi connectivity index (χ1n) is 7.06. The van der Waals surface area contributed by atoms with Crippen LogP contribution in [0.2, 0.25) is 0 Å². The highest BCUT2D eigenvalue weighted by Crippen LogP contribution is 2.34. The fourth-order valence-electron chi connectivity index (χ4n) is 2.14. The maximum absolute atomic E-state index is 9.17. The summed E-state index contributed by atoms with van der Waals surface area (Å²) in [5.74, 6) is 0. The number of aryl methyl sites for hydroxylation is 1. The van der Waals surface area contributed by atoms with Gasteiger partial charge in [0.1, 0.15) is 6.07 Å². The Balaban J connectivity index is 2.27. The van der Waals surface area contributed by atoms with Crippen molar-refractivity contribution in [2.75, 3.05) is 5.32 Å². The maximum atomic E-state index is 9.17. The summed E-state index contributed by atoms with van der Waals surface area (Å²) < 4.78 is 0. The second kappa shape index (κ2) is 5.87. The molecule has 0 amide bonds. The van der Waals surface area contributed by atoms with Crippen LogP contribution in [0.3, 0.4) is 0 Å². The Morgan fingerprint density at radius 1 is 1.29 bits per heavy atom. The quantitative estimate of drug-likeness (QED) is 0.886. The van der Waals surface area contributed by atoms with Crippen molar-refractivity contribution in [3.63, 3.8) is 0 Å². The van der Waals surface area contributed by atoms with Crippen LogP contribution < -0.4 is 5.32 Å². The van der Waals surface area contributed by atoms with Gasteiger partial charge in [0.05, 0.1) is 28.0 Å². The lowest BCUT2D eigenvalue weighted by molar-refractivity contribution is 0.584. The lowest BCUT2D eigenvalue weighted by Gasteiger charge is -2.16. The standard InChI is InChI=1S/C17H21N3S/c1-11(19-14-9-7-6-8-13(14)10-18)15-12(2)20-16(21-15)17(3,4)5/h6-9,11,19H,1-5H3. The van der Waals surface area contributed by atoms with Crippen LogP contribution in [0.25, 0.3) is 0 Å². The van der Waals surface area contributed by atoms with Gasteiger partial charge < -0.3 is 5.32 Å². The van der Waals surface area contributed by atoms with Gasteiger partial charge in [-0.2, -0.15) is 5.26 Å². The minimum Gasteiger partial charge on any atom is -0.377 e. The number of thiazole rings is 1. The second-order valence-corrected chi connectivity index (χ2v) is 7.27. The van der Waals surface area contributed by atoms with Crippen molar-refractivity contribution in [2.24, 2.45) is 0 Å². The molecule has 0 bridgehead atoms. The van der Waals surface area contributed by atoms with Gasteiger partial charge in [-0.15, -0.1) is 11.3 Å². The third kappa shape index (κ3) is 3.43. The third-order valence-corrected chi connectivity index (χ3v) is 5.05. The Kier molecular flexibility index (Phi) is 4.34. The molecule has 0 saturated carbocycles. The number of benzene rings is 1. The van der Waals surface area contributed by atoms with Gasteiger partial charge >= 0.3 is 0 Å². The molecular formula is C17H21N3S. The monoisotopic (exact) mass is 299 g/mol. The average Bonchev–Trinajstić information content (AvgIpc) is 2.81. The van der Waals surface area contributed by atoms with Gasteiger partial charge in [0, 0.05) is 10.3 Å². The SMILES string of the molecule is Cc1nc(C(C)(C)C)sc1C(C)Nc1ccccc1C#N. The largest absolute Gasteiger partial charge is 0.377 e. The number of hydrogen-bond donors (Lipinski definition) is 1. The zero-order valence-electron chi connectivity index (χ0n) is 13.2. The van der Waals surface area contributed by atoms with E-state index in [1.807, 2.05) is 24.3 Å². The topological polar surface area (TPSA) is 48.7 Å². The van der Waals surface area contributed by atoms with E-state index in [0.29, 0.717) is 5.56 Å². The van der Waals surface area contributed by atoms with E-state index in [0.717, 1.165) is 16.4 Å². The predicted octanol–water partition coefficient (Wildman–Crippen LogP) is 4.79. The third-order valence-electron chi connectivity index (χ3n) is 3.29. The first-order valence-corrected chi connectivity index (χ1v) is 7.88. The molecule has 1 N–H and O–H groups in total. The molecule has 2 rings (SSSR count). The number of nitrogens with zero attached hydrogens (tertiary/aromatic N) is 2. The number of anilines is 1. The number of nitriles is 1. The zero-order chi connectivity index (χ0) is 15.6. The van der Waals surface area contributed by atoms with Crippen LogP contribution in [0, 0.1) is 18.3 Å². The minimum absolute atomic E-state index is 0.0674. The van der Waals surface area contributed by atoms with E-state index in [9.17, 15) is 0 Å². The van der Waals surface area contributed by atoms with Gasteiger partial charge in [-0.3, -0.25) is 0 Å². The van der Waals surface area contributed by atoms with Gasteiger partial charge in [0.15, 0.2) is 0 Å². The van der Waals surface area contributed by atoms with Crippen LogP contribution in [0.5, 0.6) is 0 Å². The van der Waals surface area contributed by atoms with Crippen molar-refractivity contribution in [1.82, 2.24) is 4.98 Å².